The molecule has 0 fully saturated rings. The monoisotopic (exact) mass is 260 g/mol. The molecule has 0 aromatic rings. The van der Waals surface area contributed by atoms with Crippen molar-refractivity contribution in [2.45, 2.75) is 0 Å². The molecule has 0 aliphatic rings. The summed E-state index contributed by atoms with van der Waals surface area (Å²) in [6.07, 6.45) is 0. The maximum atomic E-state index is 10.9. The molecule has 0 saturated carbocycles. The van der Waals surface area contributed by atoms with E-state index >= 15 is 0 Å². The van der Waals surface area contributed by atoms with Crippen molar-refractivity contribution in [1.82, 2.24) is 3.53 Å². The normalized spacial score (nSPS) is 10.9. The molecule has 0 aromatic carbocycles. The van der Waals surface area contributed by atoms with Crippen LogP contribution >= 0.6 is 20.1 Å². The van der Waals surface area contributed by atoms with Crippen molar-refractivity contribution >= 4 is 24.1 Å². The molecule has 0 aliphatic carbocycles. The summed E-state index contributed by atoms with van der Waals surface area (Å²) in [5, 5.41) is 0. The number of nitrogens with two attached hydrogens (primary N) is 1. The van der Waals surface area contributed by atoms with E-state index in [-0.39, 0.29) is 3.98 Å². The van der Waals surface area contributed by atoms with E-state index in [1.54, 1.807) is 7.05 Å². The summed E-state index contributed by atoms with van der Waals surface area (Å²) in [5.74, 6) is 0. The van der Waals surface area contributed by atoms with Crippen molar-refractivity contribution in [1.29, 1.82) is 0 Å². The van der Waals surface area contributed by atoms with Gasteiger partial charge in [0.1, 0.15) is 0 Å². The van der Waals surface area contributed by atoms with E-state index in [4.69, 9.17) is 5.73 Å². The molecule has 62 valence electrons. The molecular formula is C5H13IN2O2. The molecule has 0 heterocycles. The number of hydrogen-bond donors (Lipinski definition) is 2. The molecule has 10 heavy (non-hydrogen) atoms. The van der Waals surface area contributed by atoms with Crippen LogP contribution in [0.1, 0.15) is 0 Å². The van der Waals surface area contributed by atoms with Crippen molar-refractivity contribution in [3.8, 4) is 0 Å². The Morgan fingerprint density at radius 1 is 1.80 bits per heavy atom. The van der Waals surface area contributed by atoms with Gasteiger partial charge in [-0.3, -0.25) is 0 Å². The minimum atomic E-state index is -1.71. The molecule has 0 radical (unpaired) electrons. The Hall–Kier alpha value is 0.120. The first-order chi connectivity index (χ1) is 4.76. The second kappa shape index (κ2) is 5.87. The zero-order chi connectivity index (χ0) is 7.98. The summed E-state index contributed by atoms with van der Waals surface area (Å²) >= 11 is -1.71. The van der Waals surface area contributed by atoms with Crippen LogP contribution in [0.2, 0.25) is 0 Å². The number of rotatable bonds is 4. The van der Waals surface area contributed by atoms with E-state index in [2.05, 4.69) is 8.27 Å². The van der Waals surface area contributed by atoms with Gasteiger partial charge in [-0.1, -0.05) is 0 Å². The molecule has 4 nitrogen and oxygen atoms in total. The van der Waals surface area contributed by atoms with Gasteiger partial charge in [-0.05, 0) is 0 Å². The Morgan fingerprint density at radius 2 is 2.40 bits per heavy atom. The molecule has 3 N–H and O–H groups in total. The summed E-state index contributed by atoms with van der Waals surface area (Å²) in [6, 6.07) is 0. The van der Waals surface area contributed by atoms with Crippen molar-refractivity contribution in [3.05, 3.63) is 0 Å². The van der Waals surface area contributed by atoms with Gasteiger partial charge in [-0.2, -0.15) is 0 Å². The van der Waals surface area contributed by atoms with Crippen LogP contribution in [-0.2, 0) is 4.74 Å². The Bertz CT molecular complexity index is 110. The fourth-order valence-electron chi connectivity index (χ4n) is 0.451. The molecule has 5 heteroatoms. The first kappa shape index (κ1) is 10.1. The molecule has 0 aromatic heterocycles. The Labute approximate surface area is 68.2 Å². The van der Waals surface area contributed by atoms with Gasteiger partial charge in [0.2, 0.25) is 0 Å². The number of nitrogens with one attached hydrogen (secondary N) is 1. The predicted octanol–water partition coefficient (Wildman–Crippen LogP) is 0.352. The van der Waals surface area contributed by atoms with Gasteiger partial charge in [-0.25, -0.2) is 0 Å². The first-order valence-corrected chi connectivity index (χ1v) is 6.55. The van der Waals surface area contributed by atoms with Crippen molar-refractivity contribution in [3.63, 3.8) is 0 Å². The van der Waals surface area contributed by atoms with Gasteiger partial charge >= 0.3 is 68.0 Å². The van der Waals surface area contributed by atoms with E-state index in [9.17, 15) is 4.79 Å². The molecule has 0 aliphatic heterocycles. The van der Waals surface area contributed by atoms with E-state index in [0.29, 0.717) is 6.54 Å². The van der Waals surface area contributed by atoms with Crippen LogP contribution < -0.4 is 9.26 Å². The second-order valence-electron chi connectivity index (χ2n) is 1.47. The summed E-state index contributed by atoms with van der Waals surface area (Å²) in [4.78, 5) is 10.9. The van der Waals surface area contributed by atoms with Gasteiger partial charge in [0, 0.05) is 0 Å². The first-order valence-electron chi connectivity index (χ1n) is 2.87. The average Bonchev–Trinajstić information content (AvgIpc) is 1.99. The summed E-state index contributed by atoms with van der Waals surface area (Å²) in [6.45, 7) is 0.556. The van der Waals surface area contributed by atoms with E-state index in [1.165, 1.54) is 7.11 Å². The van der Waals surface area contributed by atoms with Crippen LogP contribution in [-0.4, -0.2) is 29.1 Å². The topological polar surface area (TPSA) is 64.3 Å². The number of ether oxygens (including phenoxy) is 1. The maximum absolute atomic E-state index is 10.9. The van der Waals surface area contributed by atoms with Gasteiger partial charge in [0.15, 0.2) is 0 Å². The number of alkyl halides is 1. The Morgan fingerprint density at radius 3 is 2.70 bits per heavy atom. The second-order valence-corrected chi connectivity index (χ2v) is 6.57. The van der Waals surface area contributed by atoms with Gasteiger partial charge < -0.3 is 0 Å². The number of carbonyl (C=O) groups is 1. The molecular weight excluding hydrogens is 247 g/mol. The Kier molecular flexibility index (Phi) is 5.94. The molecule has 0 atom stereocenters. The summed E-state index contributed by atoms with van der Waals surface area (Å²) in [7, 11) is 3.18. The number of halogens is 1. The van der Waals surface area contributed by atoms with Crippen molar-refractivity contribution in [2.24, 2.45) is 5.73 Å². The predicted molar refractivity (Wildman–Crippen MR) is 49.4 cm³/mol. The quantitative estimate of drug-likeness (QED) is 0.331. The summed E-state index contributed by atoms with van der Waals surface area (Å²) < 4.78 is 8.20. The van der Waals surface area contributed by atoms with Crippen molar-refractivity contribution in [2.75, 3.05) is 25.1 Å². The molecule has 0 spiro atoms. The van der Waals surface area contributed by atoms with E-state index in [1.807, 2.05) is 0 Å². The van der Waals surface area contributed by atoms with Crippen LogP contribution in [0.25, 0.3) is 0 Å². The van der Waals surface area contributed by atoms with Gasteiger partial charge in [-0.15, -0.1) is 0 Å². The molecule has 0 saturated heterocycles. The van der Waals surface area contributed by atoms with Gasteiger partial charge in [0.25, 0.3) is 0 Å². The third-order valence-corrected chi connectivity index (χ3v) is 5.38. The van der Waals surface area contributed by atoms with Gasteiger partial charge in [0.05, 0.1) is 0 Å². The molecule has 0 amide bonds. The van der Waals surface area contributed by atoms with Crippen LogP contribution in [0.5, 0.6) is 0 Å². The molecule has 0 rings (SSSR count). The number of methoxy groups -OCH3 is 1. The van der Waals surface area contributed by atoms with Crippen LogP contribution in [0.15, 0.2) is 0 Å². The third-order valence-electron chi connectivity index (χ3n) is 0.873. The van der Waals surface area contributed by atoms with Crippen LogP contribution in [0.4, 0.5) is 4.79 Å². The molecule has 0 bridgehead atoms. The van der Waals surface area contributed by atoms with E-state index in [0.717, 1.165) is 4.43 Å². The molecule has 0 unspecified atom stereocenters. The summed E-state index contributed by atoms with van der Waals surface area (Å²) in [5.41, 5.74) is 5.29. The van der Waals surface area contributed by atoms with Crippen LogP contribution in [0, 0.1) is 0 Å². The minimum absolute atomic E-state index is 0.0999. The zero-order valence-corrected chi connectivity index (χ0v) is 8.34. The van der Waals surface area contributed by atoms with Crippen molar-refractivity contribution < 1.29 is 9.53 Å². The van der Waals surface area contributed by atoms with Crippen LogP contribution in [0.3, 0.4) is 0 Å². The average molecular weight is 260 g/mol. The SMILES string of the molecule is CNI(CCN)C(=O)OC. The number of hydrogen-bond acceptors (Lipinski definition) is 4. The fraction of sp³-hybridized carbons (Fsp3) is 0.800. The number of carbonyl (C=O) groups excluding carboxylic acids is 1. The standard InChI is InChI=1S/C5H13IN2O2/c1-8-6(3-4-7)5(9)10-2/h8H,3-4,7H2,1-2H3. The fourth-order valence-corrected chi connectivity index (χ4v) is 3.03. The Balaban J connectivity index is 3.68. The third kappa shape index (κ3) is 3.33. The zero-order valence-electron chi connectivity index (χ0n) is 6.19. The van der Waals surface area contributed by atoms with E-state index < -0.39 is 20.1 Å².